The number of rotatable bonds is 7. The summed E-state index contributed by atoms with van der Waals surface area (Å²) in [6, 6.07) is 4.97. The number of pyridine rings is 1. The minimum Gasteiger partial charge on any atom is -0.481 e. The molecule has 2 aromatic heterocycles. The molecule has 1 saturated carbocycles. The Labute approximate surface area is 242 Å². The van der Waals surface area contributed by atoms with Crippen LogP contribution in [0.1, 0.15) is 65.0 Å². The van der Waals surface area contributed by atoms with Gasteiger partial charge in [-0.25, -0.2) is 14.4 Å². The van der Waals surface area contributed by atoms with Gasteiger partial charge in [0, 0.05) is 43.6 Å². The summed E-state index contributed by atoms with van der Waals surface area (Å²) < 4.78 is 65.3. The van der Waals surface area contributed by atoms with Gasteiger partial charge in [-0.1, -0.05) is 11.6 Å². The fraction of sp³-hybridized carbons (Fsp3) is 0.429. The second kappa shape index (κ2) is 11.1. The van der Waals surface area contributed by atoms with Crippen LogP contribution >= 0.6 is 11.6 Å². The van der Waals surface area contributed by atoms with E-state index in [1.54, 1.807) is 0 Å². The van der Waals surface area contributed by atoms with Crippen molar-refractivity contribution in [2.24, 2.45) is 0 Å². The highest BCUT2D eigenvalue weighted by molar-refractivity contribution is 6.31. The van der Waals surface area contributed by atoms with Crippen molar-refractivity contribution in [3.63, 3.8) is 0 Å². The van der Waals surface area contributed by atoms with E-state index in [2.05, 4.69) is 15.0 Å². The first-order chi connectivity index (χ1) is 20.1. The predicted molar refractivity (Wildman–Crippen MR) is 141 cm³/mol. The lowest BCUT2D eigenvalue weighted by atomic mass is 9.94. The van der Waals surface area contributed by atoms with Gasteiger partial charge >= 0.3 is 6.36 Å². The van der Waals surface area contributed by atoms with E-state index in [9.17, 15) is 22.8 Å². The van der Waals surface area contributed by atoms with E-state index in [4.69, 9.17) is 21.3 Å². The third-order valence-corrected chi connectivity index (χ3v) is 7.76. The maximum absolute atomic E-state index is 15.5. The smallest absolute Gasteiger partial charge is 0.481 e. The van der Waals surface area contributed by atoms with Gasteiger partial charge in [-0.2, -0.15) is 0 Å². The standard InChI is InChI=1S/C28H26ClF4N5O4/c29-26-21(9-8-20(36-26)27(40)34-15-4-5-15)41-14-23(39)38-12-10-19-25(37-11-2-1-3-22(37)35-19)24(38)17-7-6-16(13-18(17)30)42-28(31,32)33/h6-9,13,15,24H,1-5,10-12,14H2,(H,34,40). The van der Waals surface area contributed by atoms with Crippen LogP contribution in [0.4, 0.5) is 17.6 Å². The van der Waals surface area contributed by atoms with Crippen molar-refractivity contribution in [1.82, 2.24) is 24.8 Å². The van der Waals surface area contributed by atoms with Gasteiger partial charge in [-0.3, -0.25) is 9.59 Å². The Balaban J connectivity index is 1.26. The molecule has 2 aliphatic heterocycles. The molecule has 1 unspecified atom stereocenters. The van der Waals surface area contributed by atoms with Crippen LogP contribution in [-0.2, 0) is 24.2 Å². The highest BCUT2D eigenvalue weighted by Gasteiger charge is 2.39. The molecule has 9 nitrogen and oxygen atoms in total. The van der Waals surface area contributed by atoms with Crippen molar-refractivity contribution in [3.8, 4) is 11.5 Å². The van der Waals surface area contributed by atoms with E-state index in [1.165, 1.54) is 23.1 Å². The summed E-state index contributed by atoms with van der Waals surface area (Å²) in [6.45, 7) is 0.340. The molecule has 1 N–H and O–H groups in total. The number of nitrogens with zero attached hydrogens (tertiary/aromatic N) is 4. The van der Waals surface area contributed by atoms with E-state index < -0.39 is 36.5 Å². The Hall–Kier alpha value is -3.87. The van der Waals surface area contributed by atoms with Gasteiger partial charge < -0.3 is 24.3 Å². The number of hydrogen-bond acceptors (Lipinski definition) is 6. The van der Waals surface area contributed by atoms with Gasteiger partial charge in [0.05, 0.1) is 11.4 Å². The van der Waals surface area contributed by atoms with Crippen LogP contribution in [0.25, 0.3) is 0 Å². The SMILES string of the molecule is O=C(NC1CC1)c1ccc(OCC(=O)N2CCc3nc4n(c3C2c2ccc(OC(F)(F)F)cc2F)CCCC4)c(Cl)n1. The summed E-state index contributed by atoms with van der Waals surface area (Å²) in [5.41, 5.74) is 1.49. The number of hydrogen-bond donors (Lipinski definition) is 1. The number of ether oxygens (including phenoxy) is 2. The average Bonchev–Trinajstić information content (AvgIpc) is 3.67. The topological polar surface area (TPSA) is 98.6 Å². The Morgan fingerprint density at radius 3 is 2.60 bits per heavy atom. The zero-order valence-corrected chi connectivity index (χ0v) is 23.0. The van der Waals surface area contributed by atoms with E-state index >= 15 is 4.39 Å². The van der Waals surface area contributed by atoms with Crippen molar-refractivity contribution in [2.45, 2.75) is 63.5 Å². The molecule has 4 heterocycles. The fourth-order valence-corrected chi connectivity index (χ4v) is 5.64. The van der Waals surface area contributed by atoms with Crippen LogP contribution in [0, 0.1) is 5.82 Å². The van der Waals surface area contributed by atoms with Gasteiger partial charge in [0.25, 0.3) is 11.8 Å². The number of alkyl halides is 3. The molecule has 3 aromatic rings. The number of aryl methyl sites for hydroxylation is 1. The lowest BCUT2D eigenvalue weighted by Crippen LogP contribution is -2.44. The molecule has 0 radical (unpaired) electrons. The third-order valence-electron chi connectivity index (χ3n) is 7.49. The zero-order valence-electron chi connectivity index (χ0n) is 22.2. The molecular weight excluding hydrogens is 582 g/mol. The van der Waals surface area contributed by atoms with Gasteiger partial charge in [0.2, 0.25) is 0 Å². The molecule has 14 heteroatoms. The molecule has 3 aliphatic rings. The fourth-order valence-electron chi connectivity index (χ4n) is 5.43. The van der Waals surface area contributed by atoms with Crippen molar-refractivity contribution in [1.29, 1.82) is 0 Å². The molecule has 1 aliphatic carbocycles. The maximum atomic E-state index is 15.5. The lowest BCUT2D eigenvalue weighted by molar-refractivity contribution is -0.274. The van der Waals surface area contributed by atoms with E-state index in [1.807, 2.05) is 4.57 Å². The zero-order chi connectivity index (χ0) is 29.6. The van der Waals surface area contributed by atoms with E-state index in [0.29, 0.717) is 24.7 Å². The minimum atomic E-state index is -4.98. The van der Waals surface area contributed by atoms with Gasteiger partial charge in [0.15, 0.2) is 17.5 Å². The largest absolute Gasteiger partial charge is 0.573 e. The number of fused-ring (bicyclic) bond motifs is 3. The number of aromatic nitrogens is 3. The molecule has 2 amide bonds. The van der Waals surface area contributed by atoms with Gasteiger partial charge in [-0.15, -0.1) is 13.2 Å². The number of amides is 2. The summed E-state index contributed by atoms with van der Waals surface area (Å²) in [5, 5.41) is 2.72. The van der Waals surface area contributed by atoms with Crippen molar-refractivity contribution in [3.05, 3.63) is 69.8 Å². The number of nitrogens with one attached hydrogen (secondary N) is 1. The highest BCUT2D eigenvalue weighted by atomic mass is 35.5. The first-order valence-electron chi connectivity index (χ1n) is 13.6. The summed E-state index contributed by atoms with van der Waals surface area (Å²) in [5.74, 6) is -1.59. The van der Waals surface area contributed by atoms with E-state index in [-0.39, 0.29) is 40.7 Å². The number of carbonyl (C=O) groups is 2. The van der Waals surface area contributed by atoms with Crippen LogP contribution in [0.5, 0.6) is 11.5 Å². The predicted octanol–water partition coefficient (Wildman–Crippen LogP) is 4.75. The first-order valence-corrected chi connectivity index (χ1v) is 14.0. The van der Waals surface area contributed by atoms with Gasteiger partial charge in [-0.05, 0) is 49.9 Å². The molecule has 6 rings (SSSR count). The Morgan fingerprint density at radius 2 is 1.88 bits per heavy atom. The number of benzene rings is 1. The lowest BCUT2D eigenvalue weighted by Gasteiger charge is -2.37. The molecule has 222 valence electrons. The Kier molecular flexibility index (Phi) is 7.46. The number of carbonyl (C=O) groups excluding carboxylic acids is 2. The quantitative estimate of drug-likeness (QED) is 0.308. The summed E-state index contributed by atoms with van der Waals surface area (Å²) in [6.07, 6.45) is -0.172. The van der Waals surface area contributed by atoms with Crippen molar-refractivity contribution in [2.75, 3.05) is 13.2 Å². The van der Waals surface area contributed by atoms with Crippen LogP contribution in [0.15, 0.2) is 30.3 Å². The van der Waals surface area contributed by atoms with Crippen LogP contribution < -0.4 is 14.8 Å². The molecule has 0 saturated heterocycles. The molecule has 1 atom stereocenters. The molecule has 1 aromatic carbocycles. The molecule has 1 fully saturated rings. The van der Waals surface area contributed by atoms with Crippen LogP contribution in [0.2, 0.25) is 5.15 Å². The second-order valence-corrected chi connectivity index (χ2v) is 10.8. The second-order valence-electron chi connectivity index (χ2n) is 10.5. The Morgan fingerprint density at radius 1 is 1.07 bits per heavy atom. The first kappa shape index (κ1) is 28.3. The highest BCUT2D eigenvalue weighted by Crippen LogP contribution is 2.39. The molecule has 42 heavy (non-hydrogen) atoms. The van der Waals surface area contributed by atoms with Gasteiger partial charge in [0.1, 0.15) is 29.1 Å². The normalized spacial score (nSPS) is 18.2. The molecular formula is C28H26ClF4N5O4. The number of halogens is 5. The Bertz CT molecular complexity index is 1540. The maximum Gasteiger partial charge on any atom is 0.573 e. The monoisotopic (exact) mass is 607 g/mol. The average molecular weight is 608 g/mol. The summed E-state index contributed by atoms with van der Waals surface area (Å²) >= 11 is 6.24. The minimum absolute atomic E-state index is 0.0119. The third kappa shape index (κ3) is 5.87. The number of imidazole rings is 1. The summed E-state index contributed by atoms with van der Waals surface area (Å²) in [4.78, 5) is 36.1. The molecule has 0 spiro atoms. The van der Waals surface area contributed by atoms with E-state index in [0.717, 1.165) is 49.7 Å². The van der Waals surface area contributed by atoms with Crippen molar-refractivity contribution >= 4 is 23.4 Å². The summed E-state index contributed by atoms with van der Waals surface area (Å²) in [7, 11) is 0. The van der Waals surface area contributed by atoms with Crippen molar-refractivity contribution < 1.29 is 36.6 Å². The molecule has 0 bridgehead atoms. The van der Waals surface area contributed by atoms with Crippen LogP contribution in [-0.4, -0.2) is 56.8 Å². The van der Waals surface area contributed by atoms with Crippen LogP contribution in [0.3, 0.4) is 0 Å².